The Morgan fingerprint density at radius 2 is 1.88 bits per heavy atom. The van der Waals surface area contributed by atoms with Gasteiger partial charge in [-0.3, -0.25) is 4.79 Å². The van der Waals surface area contributed by atoms with Crippen LogP contribution in [0.15, 0.2) is 49.1 Å². The lowest BCUT2D eigenvalue weighted by Crippen LogP contribution is -2.52. The maximum atomic E-state index is 13.9. The summed E-state index contributed by atoms with van der Waals surface area (Å²) in [6, 6.07) is 4.90. The first-order valence-electron chi connectivity index (χ1n) is 10.3. The number of alkyl halides is 3. The highest BCUT2D eigenvalue weighted by Gasteiger charge is 2.35. The summed E-state index contributed by atoms with van der Waals surface area (Å²) in [4.78, 5) is 30.6. The van der Waals surface area contributed by atoms with Crippen molar-refractivity contribution >= 4 is 11.7 Å². The number of carbonyl (C=O) groups excluding carboxylic acids is 1. The van der Waals surface area contributed by atoms with Crippen molar-refractivity contribution in [3.63, 3.8) is 0 Å². The zero-order valence-corrected chi connectivity index (χ0v) is 17.6. The van der Waals surface area contributed by atoms with Gasteiger partial charge in [-0.25, -0.2) is 24.3 Å². The van der Waals surface area contributed by atoms with Crippen LogP contribution in [0.1, 0.15) is 35.8 Å². The number of rotatable bonds is 4. The monoisotopic (exact) mass is 460 g/mol. The molecule has 0 aliphatic carbocycles. The molecule has 1 amide bonds. The van der Waals surface area contributed by atoms with Crippen molar-refractivity contribution in [2.24, 2.45) is 0 Å². The largest absolute Gasteiger partial charge is 0.434 e. The Kier molecular flexibility index (Phi) is 6.21. The van der Waals surface area contributed by atoms with Crippen molar-refractivity contribution in [2.45, 2.75) is 38.0 Å². The molecule has 1 aromatic carbocycles. The molecule has 172 valence electrons. The molecule has 1 aliphatic heterocycles. The molecule has 2 atom stereocenters. The highest BCUT2D eigenvalue weighted by Crippen LogP contribution is 2.29. The number of carbonyl (C=O) groups is 1. The molecule has 3 aromatic rings. The highest BCUT2D eigenvalue weighted by atomic mass is 19.4. The van der Waals surface area contributed by atoms with E-state index in [0.717, 1.165) is 6.20 Å². The topological polar surface area (TPSA) is 83.9 Å². The van der Waals surface area contributed by atoms with Crippen molar-refractivity contribution in [2.75, 3.05) is 11.9 Å². The molecule has 0 radical (unpaired) electrons. The summed E-state index contributed by atoms with van der Waals surface area (Å²) < 4.78 is 52.1. The minimum atomic E-state index is -4.57. The minimum absolute atomic E-state index is 0.189. The van der Waals surface area contributed by atoms with Gasteiger partial charge >= 0.3 is 6.18 Å². The minimum Gasteiger partial charge on any atom is -0.364 e. The third-order valence-corrected chi connectivity index (χ3v) is 5.54. The van der Waals surface area contributed by atoms with Crippen molar-refractivity contribution in [3.05, 3.63) is 66.1 Å². The molecule has 1 saturated heterocycles. The van der Waals surface area contributed by atoms with Crippen LogP contribution >= 0.6 is 0 Å². The predicted molar refractivity (Wildman–Crippen MR) is 112 cm³/mol. The summed E-state index contributed by atoms with van der Waals surface area (Å²) in [6.45, 7) is 2.32. The number of hydrogen-bond acceptors (Lipinski definition) is 6. The van der Waals surface area contributed by atoms with E-state index in [1.807, 2.05) is 6.92 Å². The molecule has 4 rings (SSSR count). The lowest BCUT2D eigenvalue weighted by atomic mass is 9.95. The first kappa shape index (κ1) is 22.6. The first-order chi connectivity index (χ1) is 15.7. The van der Waals surface area contributed by atoms with Gasteiger partial charge in [-0.05, 0) is 44.0 Å². The third-order valence-electron chi connectivity index (χ3n) is 5.54. The van der Waals surface area contributed by atoms with Crippen molar-refractivity contribution < 1.29 is 22.4 Å². The van der Waals surface area contributed by atoms with E-state index < -0.39 is 17.7 Å². The number of aromatic nitrogens is 4. The Bertz CT molecular complexity index is 1120. The summed E-state index contributed by atoms with van der Waals surface area (Å²) in [5, 5.41) is 3.08. The smallest absolute Gasteiger partial charge is 0.364 e. The van der Waals surface area contributed by atoms with E-state index in [-0.39, 0.29) is 40.8 Å². The van der Waals surface area contributed by atoms with Gasteiger partial charge in [0.25, 0.3) is 5.91 Å². The summed E-state index contributed by atoms with van der Waals surface area (Å²) in [5.74, 6) is -0.398. The van der Waals surface area contributed by atoms with Gasteiger partial charge in [0.2, 0.25) is 0 Å². The highest BCUT2D eigenvalue weighted by molar-refractivity contribution is 6.00. The quantitative estimate of drug-likeness (QED) is 0.588. The summed E-state index contributed by atoms with van der Waals surface area (Å²) in [7, 11) is 0. The van der Waals surface area contributed by atoms with Crippen LogP contribution in [0.2, 0.25) is 0 Å². The lowest BCUT2D eigenvalue weighted by Gasteiger charge is -2.40. The molecule has 7 nitrogen and oxygen atoms in total. The number of nitrogens with zero attached hydrogens (tertiary/aromatic N) is 5. The molecule has 3 heterocycles. The summed E-state index contributed by atoms with van der Waals surface area (Å²) in [6.07, 6.45) is 1.50. The maximum absolute atomic E-state index is 13.9. The van der Waals surface area contributed by atoms with Crippen LogP contribution < -0.4 is 5.32 Å². The second-order valence-corrected chi connectivity index (χ2v) is 7.68. The fourth-order valence-corrected chi connectivity index (χ4v) is 3.84. The molecule has 0 unspecified atom stereocenters. The van der Waals surface area contributed by atoms with Gasteiger partial charge in [0.1, 0.15) is 11.6 Å². The molecular formula is C22H20F4N6O. The normalized spacial score (nSPS) is 18.8. The summed E-state index contributed by atoms with van der Waals surface area (Å²) >= 11 is 0. The van der Waals surface area contributed by atoms with Gasteiger partial charge in [0.15, 0.2) is 11.5 Å². The van der Waals surface area contributed by atoms with Crippen LogP contribution in [0.25, 0.3) is 11.4 Å². The number of amides is 1. The third kappa shape index (κ3) is 4.91. The average molecular weight is 460 g/mol. The lowest BCUT2D eigenvalue weighted by molar-refractivity contribution is -0.141. The van der Waals surface area contributed by atoms with E-state index in [2.05, 4.69) is 25.3 Å². The van der Waals surface area contributed by atoms with Crippen molar-refractivity contribution in [1.82, 2.24) is 24.8 Å². The van der Waals surface area contributed by atoms with E-state index in [9.17, 15) is 22.4 Å². The number of nitrogens with one attached hydrogen (secondary N) is 1. The Balaban J connectivity index is 1.55. The molecule has 1 fully saturated rings. The number of anilines is 1. The summed E-state index contributed by atoms with van der Waals surface area (Å²) in [5.41, 5.74) is -0.519. The SMILES string of the molecule is C[C@H]1[C@H](Nc2cnc(C(F)(F)F)cn2)CCCN1C(=O)c1ccc(F)cc1-c1ncccn1. The molecule has 1 aliphatic rings. The number of halogens is 4. The zero-order chi connectivity index (χ0) is 23.6. The van der Waals surface area contributed by atoms with E-state index in [1.54, 1.807) is 11.0 Å². The number of benzene rings is 1. The van der Waals surface area contributed by atoms with Gasteiger partial charge in [0.05, 0.1) is 18.0 Å². The van der Waals surface area contributed by atoms with Gasteiger partial charge in [0, 0.05) is 36.6 Å². The Labute approximate surface area is 186 Å². The Morgan fingerprint density at radius 3 is 2.55 bits per heavy atom. The Morgan fingerprint density at radius 1 is 1.12 bits per heavy atom. The number of hydrogen-bond donors (Lipinski definition) is 1. The average Bonchev–Trinajstić information content (AvgIpc) is 2.80. The van der Waals surface area contributed by atoms with E-state index in [1.165, 1.54) is 30.6 Å². The predicted octanol–water partition coefficient (Wildman–Crippen LogP) is 4.20. The van der Waals surface area contributed by atoms with Crippen molar-refractivity contribution in [1.29, 1.82) is 0 Å². The molecule has 0 spiro atoms. The van der Waals surface area contributed by atoms with Crippen LogP contribution in [0.5, 0.6) is 0 Å². The van der Waals surface area contributed by atoms with Gasteiger partial charge in [-0.2, -0.15) is 13.2 Å². The van der Waals surface area contributed by atoms with Crippen LogP contribution in [-0.2, 0) is 6.18 Å². The fourth-order valence-electron chi connectivity index (χ4n) is 3.84. The first-order valence-corrected chi connectivity index (χ1v) is 10.3. The second-order valence-electron chi connectivity index (χ2n) is 7.68. The molecular weight excluding hydrogens is 440 g/mol. The molecule has 33 heavy (non-hydrogen) atoms. The number of likely N-dealkylation sites (tertiary alicyclic amines) is 1. The molecule has 0 bridgehead atoms. The number of piperidine rings is 1. The van der Waals surface area contributed by atoms with Crippen molar-refractivity contribution in [3.8, 4) is 11.4 Å². The van der Waals surface area contributed by atoms with Gasteiger partial charge < -0.3 is 10.2 Å². The standard InChI is InChI=1S/C22H20F4N6O/c1-13-17(31-19-12-29-18(11-30-19)22(24,25)26)4-2-9-32(13)21(33)15-6-5-14(23)10-16(15)20-27-7-3-8-28-20/h3,5-8,10-13,17H,2,4,9H2,1H3,(H,30,31)/t13-,17+/m0/s1. The van der Waals surface area contributed by atoms with Gasteiger partial charge in [-0.1, -0.05) is 0 Å². The van der Waals surface area contributed by atoms with Gasteiger partial charge in [-0.15, -0.1) is 0 Å². The van der Waals surface area contributed by atoms with E-state index >= 15 is 0 Å². The van der Waals surface area contributed by atoms with Crippen LogP contribution in [0.4, 0.5) is 23.4 Å². The maximum Gasteiger partial charge on any atom is 0.434 e. The molecule has 11 heteroatoms. The van der Waals surface area contributed by atoms with E-state index in [0.29, 0.717) is 25.6 Å². The second kappa shape index (κ2) is 9.08. The zero-order valence-electron chi connectivity index (χ0n) is 17.6. The van der Waals surface area contributed by atoms with Crippen LogP contribution in [-0.4, -0.2) is 49.4 Å². The van der Waals surface area contributed by atoms with Crippen LogP contribution in [0.3, 0.4) is 0 Å². The van der Waals surface area contributed by atoms with E-state index in [4.69, 9.17) is 0 Å². The molecule has 2 aromatic heterocycles. The fraction of sp³-hybridized carbons (Fsp3) is 0.318. The molecule has 0 saturated carbocycles. The van der Waals surface area contributed by atoms with Crippen LogP contribution in [0, 0.1) is 5.82 Å². The Hall–Kier alpha value is -3.63. The molecule has 1 N–H and O–H groups in total.